The van der Waals surface area contributed by atoms with Crippen LogP contribution in [0.5, 0.6) is 5.75 Å². The summed E-state index contributed by atoms with van der Waals surface area (Å²) in [5, 5.41) is 11.7. The lowest BCUT2D eigenvalue weighted by molar-refractivity contribution is -0.131. The van der Waals surface area contributed by atoms with Gasteiger partial charge in [0.25, 0.3) is 0 Å². The van der Waals surface area contributed by atoms with Crippen molar-refractivity contribution in [1.29, 1.82) is 0 Å². The Morgan fingerprint density at radius 2 is 1.70 bits per heavy atom. The van der Waals surface area contributed by atoms with E-state index in [1.165, 1.54) is 0 Å². The molecule has 1 aromatic carbocycles. The highest BCUT2D eigenvalue weighted by Crippen LogP contribution is 2.22. The summed E-state index contributed by atoms with van der Waals surface area (Å²) in [6, 6.07) is 11.5. The Labute approximate surface area is 220 Å². The molecule has 2 heterocycles. The summed E-state index contributed by atoms with van der Waals surface area (Å²) < 4.78 is 5.22. The number of aromatic nitrogens is 2. The molecule has 3 amide bonds. The third-order valence-corrected chi connectivity index (χ3v) is 6.73. The van der Waals surface area contributed by atoms with Gasteiger partial charge in [-0.25, -0.2) is 4.79 Å². The molecule has 1 saturated heterocycles. The summed E-state index contributed by atoms with van der Waals surface area (Å²) in [5.41, 5.74) is 1.78. The molecule has 0 spiro atoms. The van der Waals surface area contributed by atoms with Crippen LogP contribution in [0.4, 0.5) is 10.6 Å². The van der Waals surface area contributed by atoms with E-state index in [-0.39, 0.29) is 18.5 Å². The Morgan fingerprint density at radius 1 is 0.946 bits per heavy atom. The van der Waals surface area contributed by atoms with Crippen LogP contribution in [0.25, 0.3) is 11.3 Å². The van der Waals surface area contributed by atoms with Crippen LogP contribution in [0.1, 0.15) is 27.2 Å². The van der Waals surface area contributed by atoms with Gasteiger partial charge < -0.3 is 29.7 Å². The Balaban J connectivity index is 1.58. The van der Waals surface area contributed by atoms with Gasteiger partial charge in [-0.1, -0.05) is 13.8 Å². The van der Waals surface area contributed by atoms with Crippen molar-refractivity contribution < 1.29 is 14.3 Å². The number of amides is 3. The van der Waals surface area contributed by atoms with E-state index in [1.807, 2.05) is 48.2 Å². The zero-order valence-corrected chi connectivity index (χ0v) is 22.7. The smallest absolute Gasteiger partial charge is 0.317 e. The highest BCUT2D eigenvalue weighted by molar-refractivity contribution is 5.84. The number of hydrogen-bond donors (Lipinski definition) is 1. The average molecular weight is 512 g/mol. The van der Waals surface area contributed by atoms with E-state index in [2.05, 4.69) is 39.2 Å². The van der Waals surface area contributed by atoms with E-state index < -0.39 is 0 Å². The largest absolute Gasteiger partial charge is 0.497 e. The number of benzene rings is 1. The van der Waals surface area contributed by atoms with Crippen molar-refractivity contribution in [3.63, 3.8) is 0 Å². The molecule has 0 bridgehead atoms. The van der Waals surface area contributed by atoms with Gasteiger partial charge in [-0.2, -0.15) is 0 Å². The quantitative estimate of drug-likeness (QED) is 0.496. The third-order valence-electron chi connectivity index (χ3n) is 6.73. The van der Waals surface area contributed by atoms with Crippen molar-refractivity contribution in [2.24, 2.45) is 0 Å². The number of anilines is 1. The molecule has 1 aromatic heterocycles. The molecule has 0 radical (unpaired) electrons. The molecule has 0 aliphatic carbocycles. The number of ether oxygens (including phenoxy) is 1. The SMILES string of the molecule is CCNC(=O)N(CCN(CC)CC)CC(=O)N1CCCN(c2ccc(-c3ccc(OC)cc3)nn2)CC1. The number of likely N-dealkylation sites (N-methyl/N-ethyl adjacent to an activating group) is 1. The van der Waals surface area contributed by atoms with E-state index in [0.717, 1.165) is 55.4 Å². The van der Waals surface area contributed by atoms with E-state index in [4.69, 9.17) is 4.74 Å². The Kier molecular flexibility index (Phi) is 10.9. The normalized spacial score (nSPS) is 13.9. The van der Waals surface area contributed by atoms with E-state index in [0.29, 0.717) is 32.7 Å². The number of nitrogens with zero attached hydrogens (tertiary/aromatic N) is 6. The molecule has 0 saturated carbocycles. The van der Waals surface area contributed by atoms with E-state index in [9.17, 15) is 9.59 Å². The average Bonchev–Trinajstić information content (AvgIpc) is 3.20. The molecule has 37 heavy (non-hydrogen) atoms. The summed E-state index contributed by atoms with van der Waals surface area (Å²) in [6.45, 7) is 12.5. The molecule has 1 aliphatic rings. The standard InChI is InChI=1S/C27H41N7O3/c1-5-28-27(36)34(18-17-31(6-2)7-3)21-26(35)33-16-8-15-32(19-20-33)25-14-13-24(29-30-25)22-9-11-23(37-4)12-10-22/h9-14H,5-8,15-21H2,1-4H3,(H,28,36). The van der Waals surface area contributed by atoms with Gasteiger partial charge >= 0.3 is 6.03 Å². The summed E-state index contributed by atoms with van der Waals surface area (Å²) in [4.78, 5) is 33.7. The fraction of sp³-hybridized carbons (Fsp3) is 0.556. The van der Waals surface area contributed by atoms with Crippen LogP contribution in [-0.4, -0.2) is 109 Å². The predicted molar refractivity (Wildman–Crippen MR) is 146 cm³/mol. The van der Waals surface area contributed by atoms with Crippen molar-refractivity contribution in [1.82, 2.24) is 30.2 Å². The van der Waals surface area contributed by atoms with Crippen molar-refractivity contribution in [3.8, 4) is 17.0 Å². The molecular weight excluding hydrogens is 470 g/mol. The van der Waals surface area contributed by atoms with Gasteiger partial charge in [-0.15, -0.1) is 10.2 Å². The van der Waals surface area contributed by atoms with Gasteiger partial charge in [0.15, 0.2) is 5.82 Å². The second-order valence-electron chi connectivity index (χ2n) is 9.01. The molecular formula is C27H41N7O3. The predicted octanol–water partition coefficient (Wildman–Crippen LogP) is 2.56. The minimum absolute atomic E-state index is 0.0198. The molecule has 2 aromatic rings. The Hall–Kier alpha value is -3.40. The minimum Gasteiger partial charge on any atom is -0.497 e. The molecule has 1 fully saturated rings. The van der Waals surface area contributed by atoms with Crippen LogP contribution in [0.3, 0.4) is 0 Å². The minimum atomic E-state index is -0.188. The zero-order valence-electron chi connectivity index (χ0n) is 22.7. The highest BCUT2D eigenvalue weighted by Gasteiger charge is 2.24. The van der Waals surface area contributed by atoms with Crippen molar-refractivity contribution in [2.75, 3.05) is 77.5 Å². The third kappa shape index (κ3) is 8.04. The van der Waals surface area contributed by atoms with Crippen molar-refractivity contribution in [3.05, 3.63) is 36.4 Å². The molecule has 202 valence electrons. The lowest BCUT2D eigenvalue weighted by Crippen LogP contribution is -2.49. The second kappa shape index (κ2) is 14.4. The van der Waals surface area contributed by atoms with Gasteiger partial charge in [-0.3, -0.25) is 4.79 Å². The number of nitrogens with one attached hydrogen (secondary N) is 1. The topological polar surface area (TPSA) is 94.1 Å². The first-order chi connectivity index (χ1) is 18.0. The fourth-order valence-electron chi connectivity index (χ4n) is 4.39. The maximum atomic E-state index is 13.2. The lowest BCUT2D eigenvalue weighted by atomic mass is 10.1. The highest BCUT2D eigenvalue weighted by atomic mass is 16.5. The molecule has 1 aliphatic heterocycles. The fourth-order valence-corrected chi connectivity index (χ4v) is 4.39. The molecule has 1 N–H and O–H groups in total. The van der Waals surface area contributed by atoms with Crippen LogP contribution in [0, 0.1) is 0 Å². The van der Waals surface area contributed by atoms with Crippen LogP contribution in [0.2, 0.25) is 0 Å². The monoisotopic (exact) mass is 511 g/mol. The number of urea groups is 1. The first-order valence-electron chi connectivity index (χ1n) is 13.2. The van der Waals surface area contributed by atoms with Gasteiger partial charge in [0.2, 0.25) is 5.91 Å². The summed E-state index contributed by atoms with van der Waals surface area (Å²) >= 11 is 0. The molecule has 10 nitrogen and oxygen atoms in total. The van der Waals surface area contributed by atoms with Crippen molar-refractivity contribution in [2.45, 2.75) is 27.2 Å². The number of hydrogen-bond acceptors (Lipinski definition) is 7. The number of rotatable bonds is 11. The first kappa shape index (κ1) is 28.2. The van der Waals surface area contributed by atoms with Gasteiger partial charge in [-0.05, 0) is 62.8 Å². The molecule has 10 heteroatoms. The number of carbonyl (C=O) groups excluding carboxylic acids is 2. The van der Waals surface area contributed by atoms with Gasteiger partial charge in [0, 0.05) is 51.4 Å². The van der Waals surface area contributed by atoms with E-state index >= 15 is 0 Å². The molecule has 0 unspecified atom stereocenters. The van der Waals surface area contributed by atoms with Crippen LogP contribution in [-0.2, 0) is 4.79 Å². The first-order valence-corrected chi connectivity index (χ1v) is 13.2. The number of methoxy groups -OCH3 is 1. The van der Waals surface area contributed by atoms with Gasteiger partial charge in [0.05, 0.1) is 12.8 Å². The number of carbonyl (C=O) groups is 2. The van der Waals surface area contributed by atoms with Crippen LogP contribution < -0.4 is 15.0 Å². The summed E-state index contributed by atoms with van der Waals surface area (Å²) in [5.74, 6) is 1.58. The maximum absolute atomic E-state index is 13.2. The van der Waals surface area contributed by atoms with Crippen LogP contribution >= 0.6 is 0 Å². The summed E-state index contributed by atoms with van der Waals surface area (Å²) in [7, 11) is 1.65. The second-order valence-corrected chi connectivity index (χ2v) is 9.01. The Morgan fingerprint density at radius 3 is 2.32 bits per heavy atom. The lowest BCUT2D eigenvalue weighted by Gasteiger charge is -2.29. The molecule has 0 atom stereocenters. The summed E-state index contributed by atoms with van der Waals surface area (Å²) in [6.07, 6.45) is 0.828. The van der Waals surface area contributed by atoms with Crippen LogP contribution in [0.15, 0.2) is 36.4 Å². The Bertz CT molecular complexity index is 980. The zero-order chi connectivity index (χ0) is 26.6. The maximum Gasteiger partial charge on any atom is 0.317 e. The molecule has 3 rings (SSSR count). The van der Waals surface area contributed by atoms with Gasteiger partial charge in [0.1, 0.15) is 12.3 Å². The van der Waals surface area contributed by atoms with E-state index in [1.54, 1.807) is 12.0 Å². The van der Waals surface area contributed by atoms with Crippen molar-refractivity contribution >= 4 is 17.8 Å².